The van der Waals surface area contributed by atoms with E-state index in [1.54, 1.807) is 27.7 Å². The number of esters is 2. The van der Waals surface area contributed by atoms with Gasteiger partial charge in [-0.25, -0.2) is 4.79 Å². The van der Waals surface area contributed by atoms with E-state index in [0.29, 0.717) is 30.2 Å². The predicted molar refractivity (Wildman–Crippen MR) is 76.3 cm³/mol. The van der Waals surface area contributed by atoms with Crippen LogP contribution in [0.5, 0.6) is 0 Å². The first-order valence-electron chi connectivity index (χ1n) is 6.87. The van der Waals surface area contributed by atoms with Gasteiger partial charge in [0.15, 0.2) is 0 Å². The van der Waals surface area contributed by atoms with Crippen LogP contribution >= 0.6 is 0 Å². The van der Waals surface area contributed by atoms with Crippen molar-refractivity contribution < 1.29 is 19.1 Å². The normalized spacial score (nSPS) is 21.3. The van der Waals surface area contributed by atoms with Crippen LogP contribution in [0.1, 0.15) is 41.5 Å². The fourth-order valence-corrected chi connectivity index (χ4v) is 2.82. The van der Waals surface area contributed by atoms with Crippen molar-refractivity contribution in [3.63, 3.8) is 0 Å². The molecule has 0 saturated heterocycles. The first-order chi connectivity index (χ1) is 9.27. The van der Waals surface area contributed by atoms with Gasteiger partial charge in [-0.2, -0.15) is 0 Å². The summed E-state index contributed by atoms with van der Waals surface area (Å²) in [6.45, 7) is 11.3. The second-order valence-corrected chi connectivity index (χ2v) is 5.34. The molecule has 0 aliphatic carbocycles. The maximum Gasteiger partial charge on any atom is 0.336 e. The lowest BCUT2D eigenvalue weighted by molar-refractivity contribution is -0.149. The second-order valence-electron chi connectivity index (χ2n) is 5.34. The molecule has 0 saturated carbocycles. The summed E-state index contributed by atoms with van der Waals surface area (Å²) in [6, 6.07) is 0. The van der Waals surface area contributed by atoms with E-state index >= 15 is 0 Å². The lowest BCUT2D eigenvalue weighted by Gasteiger charge is -2.37. The third kappa shape index (κ3) is 2.92. The molecule has 1 aliphatic rings. The molecule has 1 aliphatic heterocycles. The van der Waals surface area contributed by atoms with E-state index in [4.69, 9.17) is 9.47 Å². The number of carbonyl (C=O) groups excluding carboxylic acids is 2. The SMILES string of the molecule is CCOC(=O)C1=C(C)N=C(C)C(C(=O)OCC)C1(C)C. The minimum absolute atomic E-state index is 0.290. The van der Waals surface area contributed by atoms with Crippen LogP contribution in [-0.2, 0) is 19.1 Å². The van der Waals surface area contributed by atoms with Gasteiger partial charge in [-0.15, -0.1) is 0 Å². The van der Waals surface area contributed by atoms with Gasteiger partial charge in [0.05, 0.1) is 18.8 Å². The molecule has 0 fully saturated rings. The minimum Gasteiger partial charge on any atom is -0.465 e. The van der Waals surface area contributed by atoms with Crippen molar-refractivity contribution >= 4 is 17.7 Å². The first kappa shape index (κ1) is 16.4. The molecule has 0 spiro atoms. The van der Waals surface area contributed by atoms with Crippen molar-refractivity contribution in [3.05, 3.63) is 11.3 Å². The van der Waals surface area contributed by atoms with Gasteiger partial charge >= 0.3 is 11.9 Å². The average molecular weight is 281 g/mol. The molecule has 1 unspecified atom stereocenters. The van der Waals surface area contributed by atoms with Crippen LogP contribution in [0.15, 0.2) is 16.3 Å². The number of carbonyl (C=O) groups is 2. The lowest BCUT2D eigenvalue weighted by Crippen LogP contribution is -2.43. The molecule has 20 heavy (non-hydrogen) atoms. The van der Waals surface area contributed by atoms with E-state index in [9.17, 15) is 9.59 Å². The molecular weight excluding hydrogens is 258 g/mol. The summed E-state index contributed by atoms with van der Waals surface area (Å²) in [4.78, 5) is 28.7. The van der Waals surface area contributed by atoms with Gasteiger partial charge in [0.1, 0.15) is 5.92 Å². The summed E-state index contributed by atoms with van der Waals surface area (Å²) in [5.74, 6) is -1.33. The Balaban J connectivity index is 3.27. The van der Waals surface area contributed by atoms with Crippen molar-refractivity contribution in [1.82, 2.24) is 0 Å². The third-order valence-electron chi connectivity index (χ3n) is 3.49. The number of aliphatic imine (C=N–C) groups is 1. The average Bonchev–Trinajstić information content (AvgIpc) is 2.27. The molecule has 0 aromatic carbocycles. The Morgan fingerprint density at radius 1 is 1.15 bits per heavy atom. The third-order valence-corrected chi connectivity index (χ3v) is 3.49. The topological polar surface area (TPSA) is 65.0 Å². The van der Waals surface area contributed by atoms with E-state index in [1.165, 1.54) is 0 Å². The van der Waals surface area contributed by atoms with E-state index in [0.717, 1.165) is 0 Å². The number of allylic oxidation sites excluding steroid dienone is 1. The van der Waals surface area contributed by atoms with Crippen LogP contribution in [0.25, 0.3) is 0 Å². The summed E-state index contributed by atoms with van der Waals surface area (Å²) in [6.07, 6.45) is 0. The van der Waals surface area contributed by atoms with Gasteiger partial charge in [-0.3, -0.25) is 9.79 Å². The maximum absolute atomic E-state index is 12.2. The van der Waals surface area contributed by atoms with E-state index < -0.39 is 17.3 Å². The van der Waals surface area contributed by atoms with Crippen LogP contribution in [0, 0.1) is 11.3 Å². The first-order valence-corrected chi connectivity index (χ1v) is 6.87. The zero-order valence-corrected chi connectivity index (χ0v) is 13.1. The molecule has 0 N–H and O–H groups in total. The molecule has 1 atom stereocenters. The highest BCUT2D eigenvalue weighted by atomic mass is 16.5. The number of nitrogens with zero attached hydrogens (tertiary/aromatic N) is 1. The van der Waals surface area contributed by atoms with Crippen LogP contribution < -0.4 is 0 Å². The fourth-order valence-electron chi connectivity index (χ4n) is 2.82. The molecule has 5 heteroatoms. The van der Waals surface area contributed by atoms with Crippen LogP contribution in [0.4, 0.5) is 0 Å². The highest BCUT2D eigenvalue weighted by Gasteiger charge is 2.47. The molecule has 1 rings (SSSR count). The van der Waals surface area contributed by atoms with Crippen molar-refractivity contribution in [2.24, 2.45) is 16.3 Å². The molecule has 112 valence electrons. The van der Waals surface area contributed by atoms with Gasteiger partial charge in [0, 0.05) is 16.8 Å². The Kier molecular flexibility index (Phi) is 5.09. The fraction of sp³-hybridized carbons (Fsp3) is 0.667. The smallest absolute Gasteiger partial charge is 0.336 e. The van der Waals surface area contributed by atoms with Crippen LogP contribution in [-0.4, -0.2) is 30.9 Å². The quantitative estimate of drug-likeness (QED) is 0.743. The maximum atomic E-state index is 12.2. The van der Waals surface area contributed by atoms with Crippen LogP contribution in [0.3, 0.4) is 0 Å². The molecule has 0 aromatic heterocycles. The van der Waals surface area contributed by atoms with Crippen LogP contribution in [0.2, 0.25) is 0 Å². The number of hydrogen-bond acceptors (Lipinski definition) is 5. The summed E-state index contributed by atoms with van der Waals surface area (Å²) in [7, 11) is 0. The molecule has 5 nitrogen and oxygen atoms in total. The molecule has 0 radical (unpaired) electrons. The Labute approximate surface area is 120 Å². The molecular formula is C15H23NO4. The van der Waals surface area contributed by atoms with Gasteiger partial charge in [0.2, 0.25) is 0 Å². The largest absolute Gasteiger partial charge is 0.465 e. The summed E-state index contributed by atoms with van der Waals surface area (Å²) >= 11 is 0. The molecule has 0 aromatic rings. The summed E-state index contributed by atoms with van der Waals surface area (Å²) < 4.78 is 10.2. The molecule has 1 heterocycles. The zero-order chi connectivity index (χ0) is 15.5. The van der Waals surface area contributed by atoms with Gasteiger partial charge in [-0.05, 0) is 27.7 Å². The highest BCUT2D eigenvalue weighted by Crippen LogP contribution is 2.42. The standard InChI is InChI=1S/C15H23NO4/c1-7-19-13(17)11-9(3)16-10(4)12(15(11,5)6)14(18)20-8-2/h11H,7-8H2,1-6H3. The van der Waals surface area contributed by atoms with E-state index in [2.05, 4.69) is 4.99 Å². The Morgan fingerprint density at radius 2 is 1.70 bits per heavy atom. The van der Waals surface area contributed by atoms with E-state index in [1.807, 2.05) is 13.8 Å². The van der Waals surface area contributed by atoms with Gasteiger partial charge < -0.3 is 9.47 Å². The lowest BCUT2D eigenvalue weighted by atomic mass is 9.68. The second kappa shape index (κ2) is 6.20. The Morgan fingerprint density at radius 3 is 2.20 bits per heavy atom. The van der Waals surface area contributed by atoms with Crippen molar-refractivity contribution in [3.8, 4) is 0 Å². The Bertz CT molecular complexity index is 474. The summed E-state index contributed by atoms with van der Waals surface area (Å²) in [5, 5.41) is 0. The van der Waals surface area contributed by atoms with Crippen molar-refractivity contribution in [1.29, 1.82) is 0 Å². The number of hydrogen-bond donors (Lipinski definition) is 0. The molecule has 0 bridgehead atoms. The predicted octanol–water partition coefficient (Wildman–Crippen LogP) is 2.50. The van der Waals surface area contributed by atoms with Crippen molar-refractivity contribution in [2.45, 2.75) is 41.5 Å². The Hall–Kier alpha value is -1.65. The number of rotatable bonds is 4. The van der Waals surface area contributed by atoms with E-state index in [-0.39, 0.29) is 5.97 Å². The van der Waals surface area contributed by atoms with Gasteiger partial charge in [0.25, 0.3) is 0 Å². The number of ether oxygens (including phenoxy) is 2. The molecule has 0 amide bonds. The highest BCUT2D eigenvalue weighted by molar-refractivity contribution is 6.06. The van der Waals surface area contributed by atoms with Gasteiger partial charge in [-0.1, -0.05) is 13.8 Å². The minimum atomic E-state index is -0.700. The van der Waals surface area contributed by atoms with Crippen molar-refractivity contribution in [2.75, 3.05) is 13.2 Å². The zero-order valence-electron chi connectivity index (χ0n) is 13.1. The summed E-state index contributed by atoms with van der Waals surface area (Å²) in [5.41, 5.74) is 1.02. The monoisotopic (exact) mass is 281 g/mol.